The first-order valence-electron chi connectivity index (χ1n) is 8.73. The van der Waals surface area contributed by atoms with Crippen molar-refractivity contribution in [3.63, 3.8) is 0 Å². The predicted octanol–water partition coefficient (Wildman–Crippen LogP) is 5.90. The van der Waals surface area contributed by atoms with Gasteiger partial charge in [-0.2, -0.15) is 0 Å². The van der Waals surface area contributed by atoms with Crippen molar-refractivity contribution in [2.45, 2.75) is 66.2 Å². The van der Waals surface area contributed by atoms with Crippen LogP contribution in [-0.2, 0) is 5.41 Å². The molecule has 0 spiro atoms. The van der Waals surface area contributed by atoms with E-state index in [4.69, 9.17) is 9.47 Å². The summed E-state index contributed by atoms with van der Waals surface area (Å²) < 4.78 is 11.6. The number of fused-ring (bicyclic) bond motifs is 1. The first-order valence-corrected chi connectivity index (χ1v) is 8.73. The Hall–Kier alpha value is -1.44. The van der Waals surface area contributed by atoms with E-state index in [9.17, 15) is 0 Å². The SMILES string of the molecule is C/C(=C\COc1ccc2c(c1)OCC2(C)C)CCCC(C)(C)C. The van der Waals surface area contributed by atoms with Crippen molar-refractivity contribution in [2.75, 3.05) is 13.2 Å². The van der Waals surface area contributed by atoms with Crippen LogP contribution in [0.5, 0.6) is 11.5 Å². The van der Waals surface area contributed by atoms with E-state index in [0.29, 0.717) is 12.0 Å². The standard InChI is InChI=1S/C21H32O2/c1-16(8-7-12-20(2,3)4)11-13-22-17-9-10-18-19(14-17)23-15-21(18,5)6/h9-11,14H,7-8,12-13,15H2,1-6H3/b16-11+. The van der Waals surface area contributed by atoms with Gasteiger partial charge in [0.15, 0.2) is 0 Å². The van der Waals surface area contributed by atoms with Crippen LogP contribution in [0.3, 0.4) is 0 Å². The van der Waals surface area contributed by atoms with Gasteiger partial charge in [-0.3, -0.25) is 0 Å². The van der Waals surface area contributed by atoms with E-state index in [1.54, 1.807) is 0 Å². The Morgan fingerprint density at radius 3 is 2.74 bits per heavy atom. The van der Waals surface area contributed by atoms with Gasteiger partial charge >= 0.3 is 0 Å². The Balaban J connectivity index is 1.81. The molecule has 0 saturated heterocycles. The fourth-order valence-electron chi connectivity index (χ4n) is 2.89. The lowest BCUT2D eigenvalue weighted by Gasteiger charge is -2.17. The number of hydrogen-bond donors (Lipinski definition) is 0. The molecule has 1 aliphatic heterocycles. The molecule has 0 unspecified atom stereocenters. The highest BCUT2D eigenvalue weighted by atomic mass is 16.5. The second kappa shape index (κ2) is 6.98. The number of hydrogen-bond acceptors (Lipinski definition) is 2. The molecule has 2 nitrogen and oxygen atoms in total. The number of rotatable bonds is 6. The molecule has 0 radical (unpaired) electrons. The van der Waals surface area contributed by atoms with Crippen LogP contribution in [0.2, 0.25) is 0 Å². The molecule has 128 valence electrons. The summed E-state index contributed by atoms with van der Waals surface area (Å²) in [6.07, 6.45) is 5.85. The van der Waals surface area contributed by atoms with Crippen molar-refractivity contribution < 1.29 is 9.47 Å². The van der Waals surface area contributed by atoms with Crippen LogP contribution in [-0.4, -0.2) is 13.2 Å². The maximum absolute atomic E-state index is 5.86. The molecule has 0 amide bonds. The van der Waals surface area contributed by atoms with Gasteiger partial charge in [-0.25, -0.2) is 0 Å². The van der Waals surface area contributed by atoms with Crippen LogP contribution in [0, 0.1) is 5.41 Å². The molecule has 0 saturated carbocycles. The molecule has 0 atom stereocenters. The third-order valence-electron chi connectivity index (χ3n) is 4.45. The Bertz CT molecular complexity index is 562. The van der Waals surface area contributed by atoms with Gasteiger partial charge in [0.25, 0.3) is 0 Å². The number of benzene rings is 1. The highest BCUT2D eigenvalue weighted by Crippen LogP contribution is 2.40. The average molecular weight is 316 g/mol. The van der Waals surface area contributed by atoms with E-state index in [2.05, 4.69) is 59.8 Å². The zero-order valence-corrected chi connectivity index (χ0v) is 15.7. The van der Waals surface area contributed by atoms with Crippen molar-refractivity contribution in [1.29, 1.82) is 0 Å². The summed E-state index contributed by atoms with van der Waals surface area (Å²) in [4.78, 5) is 0. The largest absolute Gasteiger partial charge is 0.492 e. The quantitative estimate of drug-likeness (QED) is 0.608. The van der Waals surface area contributed by atoms with Gasteiger partial charge in [-0.1, -0.05) is 46.3 Å². The zero-order chi connectivity index (χ0) is 17.1. The van der Waals surface area contributed by atoms with Crippen LogP contribution in [0.1, 0.15) is 66.4 Å². The first kappa shape index (κ1) is 17.9. The minimum absolute atomic E-state index is 0.109. The lowest BCUT2D eigenvalue weighted by molar-refractivity contribution is 0.289. The lowest BCUT2D eigenvalue weighted by Crippen LogP contribution is -2.18. The molecule has 1 aromatic carbocycles. The van der Waals surface area contributed by atoms with Gasteiger partial charge in [0.2, 0.25) is 0 Å². The van der Waals surface area contributed by atoms with Gasteiger partial charge in [0.1, 0.15) is 18.1 Å². The molecule has 0 aromatic heterocycles. The highest BCUT2D eigenvalue weighted by Gasteiger charge is 2.31. The summed E-state index contributed by atoms with van der Waals surface area (Å²) in [7, 11) is 0. The van der Waals surface area contributed by atoms with Gasteiger partial charge in [-0.05, 0) is 43.7 Å². The van der Waals surface area contributed by atoms with Crippen molar-refractivity contribution >= 4 is 0 Å². The van der Waals surface area contributed by atoms with Crippen LogP contribution in [0.15, 0.2) is 29.8 Å². The smallest absolute Gasteiger partial charge is 0.126 e. The van der Waals surface area contributed by atoms with E-state index >= 15 is 0 Å². The summed E-state index contributed by atoms with van der Waals surface area (Å²) in [5.74, 6) is 1.86. The predicted molar refractivity (Wildman–Crippen MR) is 97.5 cm³/mol. The van der Waals surface area contributed by atoms with Gasteiger partial charge in [0.05, 0.1) is 6.61 Å². The molecule has 0 bridgehead atoms. The van der Waals surface area contributed by atoms with E-state index in [-0.39, 0.29) is 5.41 Å². The molecule has 0 fully saturated rings. The van der Waals surface area contributed by atoms with Crippen LogP contribution < -0.4 is 9.47 Å². The Kier molecular flexibility index (Phi) is 5.44. The summed E-state index contributed by atoms with van der Waals surface area (Å²) in [6, 6.07) is 6.21. The van der Waals surface area contributed by atoms with Crippen LogP contribution >= 0.6 is 0 Å². The lowest BCUT2D eigenvalue weighted by atomic mass is 9.87. The third-order valence-corrected chi connectivity index (χ3v) is 4.45. The fourth-order valence-corrected chi connectivity index (χ4v) is 2.89. The molecule has 1 aliphatic rings. The molecule has 2 rings (SSSR count). The molecule has 0 aliphatic carbocycles. The second-order valence-electron chi connectivity index (χ2n) is 8.61. The topological polar surface area (TPSA) is 18.5 Å². The fraction of sp³-hybridized carbons (Fsp3) is 0.619. The molecule has 1 aromatic rings. The monoisotopic (exact) mass is 316 g/mol. The molecular formula is C21H32O2. The second-order valence-corrected chi connectivity index (χ2v) is 8.61. The normalized spacial score (nSPS) is 16.9. The van der Waals surface area contributed by atoms with E-state index < -0.39 is 0 Å². The highest BCUT2D eigenvalue weighted by molar-refractivity contribution is 5.47. The van der Waals surface area contributed by atoms with Crippen molar-refractivity contribution in [3.05, 3.63) is 35.4 Å². The molecule has 23 heavy (non-hydrogen) atoms. The van der Waals surface area contributed by atoms with Crippen LogP contribution in [0.25, 0.3) is 0 Å². The minimum atomic E-state index is 0.109. The molecular weight excluding hydrogens is 284 g/mol. The zero-order valence-electron chi connectivity index (χ0n) is 15.7. The molecule has 2 heteroatoms. The molecule has 1 heterocycles. The summed E-state index contributed by atoms with van der Waals surface area (Å²) in [6.45, 7) is 14.9. The number of allylic oxidation sites excluding steroid dienone is 1. The Morgan fingerprint density at radius 1 is 1.30 bits per heavy atom. The van der Waals surface area contributed by atoms with Gasteiger partial charge in [0, 0.05) is 17.0 Å². The van der Waals surface area contributed by atoms with E-state index in [0.717, 1.165) is 24.5 Å². The first-order chi connectivity index (χ1) is 10.7. The maximum Gasteiger partial charge on any atom is 0.126 e. The van der Waals surface area contributed by atoms with Crippen molar-refractivity contribution in [3.8, 4) is 11.5 Å². The van der Waals surface area contributed by atoms with Gasteiger partial charge in [-0.15, -0.1) is 0 Å². The minimum Gasteiger partial charge on any atom is -0.492 e. The number of ether oxygens (including phenoxy) is 2. The summed E-state index contributed by atoms with van der Waals surface area (Å²) in [5.41, 5.74) is 3.22. The van der Waals surface area contributed by atoms with Crippen molar-refractivity contribution in [2.24, 2.45) is 5.41 Å². The third kappa shape index (κ3) is 5.30. The van der Waals surface area contributed by atoms with Crippen molar-refractivity contribution in [1.82, 2.24) is 0 Å². The molecule has 0 N–H and O–H groups in total. The van der Waals surface area contributed by atoms with Gasteiger partial charge < -0.3 is 9.47 Å². The van der Waals surface area contributed by atoms with E-state index in [1.807, 2.05) is 6.07 Å². The summed E-state index contributed by atoms with van der Waals surface area (Å²) in [5, 5.41) is 0. The van der Waals surface area contributed by atoms with Crippen LogP contribution in [0.4, 0.5) is 0 Å². The summed E-state index contributed by atoms with van der Waals surface area (Å²) >= 11 is 0. The average Bonchev–Trinajstić information content (AvgIpc) is 2.73. The Labute approximate surface area is 141 Å². The Morgan fingerprint density at radius 2 is 2.04 bits per heavy atom. The maximum atomic E-state index is 5.86. The van der Waals surface area contributed by atoms with E-state index in [1.165, 1.54) is 24.0 Å².